The highest BCUT2D eigenvalue weighted by Crippen LogP contribution is 2.09. The Morgan fingerprint density at radius 1 is 0.900 bits per heavy atom. The van der Waals surface area contributed by atoms with Gasteiger partial charge in [-0.1, -0.05) is 77.9 Å². The number of hydrogen-bond donors (Lipinski definition) is 0. The van der Waals surface area contributed by atoms with Crippen LogP contribution in [0, 0.1) is 6.92 Å². The molecule has 2 aromatic rings. The van der Waals surface area contributed by atoms with Gasteiger partial charge in [-0.05, 0) is 25.5 Å². The molecule has 0 atom stereocenters. The zero-order chi connectivity index (χ0) is 14.4. The number of allylic oxidation sites excluding steroid dienone is 3. The van der Waals surface area contributed by atoms with Gasteiger partial charge >= 0.3 is 0 Å². The molecule has 0 unspecified atom stereocenters. The molecule has 0 heterocycles. The summed E-state index contributed by atoms with van der Waals surface area (Å²) < 4.78 is 0. The summed E-state index contributed by atoms with van der Waals surface area (Å²) in [7, 11) is 0. The lowest BCUT2D eigenvalue weighted by molar-refractivity contribution is 0.104. The highest BCUT2D eigenvalue weighted by molar-refractivity contribution is 6.04. The predicted octanol–water partition coefficient (Wildman–Crippen LogP) is 4.84. The first-order valence-electron chi connectivity index (χ1n) is 6.67. The molecule has 0 aromatic heterocycles. The van der Waals surface area contributed by atoms with Crippen molar-refractivity contribution in [3.63, 3.8) is 0 Å². The van der Waals surface area contributed by atoms with E-state index in [0.29, 0.717) is 0 Å². The predicted molar refractivity (Wildman–Crippen MR) is 84.7 cm³/mol. The third kappa shape index (κ3) is 4.06. The summed E-state index contributed by atoms with van der Waals surface area (Å²) in [6.07, 6.45) is 5.54. The number of benzene rings is 2. The number of carbonyl (C=O) groups excluding carboxylic acids is 1. The van der Waals surface area contributed by atoms with Crippen molar-refractivity contribution in [2.24, 2.45) is 0 Å². The lowest BCUT2D eigenvalue weighted by atomic mass is 10.1. The molecular formula is C19H18O. The molecule has 20 heavy (non-hydrogen) atoms. The number of ketones is 1. The van der Waals surface area contributed by atoms with Gasteiger partial charge in [0.1, 0.15) is 0 Å². The quantitative estimate of drug-likeness (QED) is 0.438. The van der Waals surface area contributed by atoms with Crippen molar-refractivity contribution in [2.45, 2.75) is 13.8 Å². The van der Waals surface area contributed by atoms with Crippen molar-refractivity contribution in [1.82, 2.24) is 0 Å². The number of hydrogen-bond acceptors (Lipinski definition) is 1. The van der Waals surface area contributed by atoms with E-state index in [0.717, 1.165) is 22.3 Å². The van der Waals surface area contributed by atoms with E-state index in [-0.39, 0.29) is 5.78 Å². The summed E-state index contributed by atoms with van der Waals surface area (Å²) >= 11 is 0. The van der Waals surface area contributed by atoms with Gasteiger partial charge in [0.25, 0.3) is 0 Å². The Hall–Kier alpha value is -2.41. The number of aryl methyl sites for hydroxylation is 1. The molecule has 1 heteroatoms. The van der Waals surface area contributed by atoms with Gasteiger partial charge in [0.05, 0.1) is 0 Å². The molecule has 0 aliphatic rings. The maximum absolute atomic E-state index is 12.0. The smallest absolute Gasteiger partial charge is 0.185 e. The van der Waals surface area contributed by atoms with E-state index < -0.39 is 0 Å². The van der Waals surface area contributed by atoms with Crippen molar-refractivity contribution in [3.8, 4) is 0 Å². The second-order valence-corrected chi connectivity index (χ2v) is 4.86. The zero-order valence-electron chi connectivity index (χ0n) is 11.8. The van der Waals surface area contributed by atoms with Crippen molar-refractivity contribution >= 4 is 11.9 Å². The molecule has 0 aliphatic heterocycles. The SMILES string of the molecule is CC(C=CC(=O)c1ccc(C)cc1)=Cc1ccccc1. The molecule has 100 valence electrons. The molecule has 0 aliphatic carbocycles. The van der Waals surface area contributed by atoms with Gasteiger partial charge in [0.2, 0.25) is 0 Å². The van der Waals surface area contributed by atoms with E-state index in [1.54, 1.807) is 6.08 Å². The lowest BCUT2D eigenvalue weighted by Crippen LogP contribution is -1.93. The Balaban J connectivity index is 2.07. The van der Waals surface area contributed by atoms with Crippen LogP contribution < -0.4 is 0 Å². The van der Waals surface area contributed by atoms with E-state index in [2.05, 4.69) is 6.08 Å². The van der Waals surface area contributed by atoms with Crippen LogP contribution in [0.5, 0.6) is 0 Å². The van der Waals surface area contributed by atoms with E-state index >= 15 is 0 Å². The maximum atomic E-state index is 12.0. The molecular weight excluding hydrogens is 244 g/mol. The summed E-state index contributed by atoms with van der Waals surface area (Å²) in [5, 5.41) is 0. The summed E-state index contributed by atoms with van der Waals surface area (Å²) in [6, 6.07) is 17.7. The van der Waals surface area contributed by atoms with E-state index in [9.17, 15) is 4.79 Å². The van der Waals surface area contributed by atoms with Gasteiger partial charge in [-0.15, -0.1) is 0 Å². The molecule has 0 spiro atoms. The minimum atomic E-state index is 0.0332. The first kappa shape index (κ1) is 14.0. The minimum absolute atomic E-state index is 0.0332. The van der Waals surface area contributed by atoms with Crippen molar-refractivity contribution in [3.05, 3.63) is 89.0 Å². The summed E-state index contributed by atoms with van der Waals surface area (Å²) in [4.78, 5) is 12.0. The monoisotopic (exact) mass is 262 g/mol. The standard InChI is InChI=1S/C19H18O/c1-15-8-11-18(12-9-15)19(20)13-10-16(2)14-17-6-4-3-5-7-17/h3-14H,1-2H3. The van der Waals surface area contributed by atoms with Crippen molar-refractivity contribution in [2.75, 3.05) is 0 Å². The second kappa shape index (κ2) is 6.67. The van der Waals surface area contributed by atoms with Crippen LogP contribution in [0.3, 0.4) is 0 Å². The van der Waals surface area contributed by atoms with E-state index in [1.807, 2.05) is 74.5 Å². The van der Waals surface area contributed by atoms with Gasteiger partial charge in [-0.2, -0.15) is 0 Å². The Bertz CT molecular complexity index is 631. The van der Waals surface area contributed by atoms with Crippen LogP contribution in [0.25, 0.3) is 6.08 Å². The lowest BCUT2D eigenvalue weighted by Gasteiger charge is -1.97. The minimum Gasteiger partial charge on any atom is -0.289 e. The van der Waals surface area contributed by atoms with Gasteiger partial charge in [0.15, 0.2) is 5.78 Å². The summed E-state index contributed by atoms with van der Waals surface area (Å²) in [5.41, 5.74) is 4.07. The topological polar surface area (TPSA) is 17.1 Å². The highest BCUT2D eigenvalue weighted by atomic mass is 16.1. The number of carbonyl (C=O) groups is 1. The van der Waals surface area contributed by atoms with Gasteiger partial charge < -0.3 is 0 Å². The normalized spacial score (nSPS) is 11.8. The molecule has 0 fully saturated rings. The fraction of sp³-hybridized carbons (Fsp3) is 0.105. The fourth-order valence-corrected chi connectivity index (χ4v) is 1.88. The largest absolute Gasteiger partial charge is 0.289 e. The summed E-state index contributed by atoms with van der Waals surface area (Å²) in [6.45, 7) is 4.00. The van der Waals surface area contributed by atoms with Crippen molar-refractivity contribution < 1.29 is 4.79 Å². The molecule has 2 rings (SSSR count). The number of rotatable bonds is 4. The van der Waals surface area contributed by atoms with Gasteiger partial charge in [-0.25, -0.2) is 0 Å². The molecule has 0 amide bonds. The van der Waals surface area contributed by atoms with Crippen LogP contribution in [0.15, 0.2) is 72.3 Å². The molecule has 1 nitrogen and oxygen atoms in total. The van der Waals surface area contributed by atoms with Gasteiger partial charge in [0, 0.05) is 5.56 Å². The Labute approximate surface area is 120 Å². The molecule has 0 bridgehead atoms. The van der Waals surface area contributed by atoms with Gasteiger partial charge in [-0.3, -0.25) is 4.79 Å². The first-order chi connectivity index (χ1) is 9.65. The molecule has 0 saturated heterocycles. The molecule has 0 N–H and O–H groups in total. The third-order valence-corrected chi connectivity index (χ3v) is 3.03. The van der Waals surface area contributed by atoms with Crippen LogP contribution in [-0.2, 0) is 0 Å². The van der Waals surface area contributed by atoms with Crippen LogP contribution in [0.4, 0.5) is 0 Å². The van der Waals surface area contributed by atoms with Crippen LogP contribution in [-0.4, -0.2) is 5.78 Å². The average molecular weight is 262 g/mol. The zero-order valence-corrected chi connectivity index (χ0v) is 11.8. The van der Waals surface area contributed by atoms with Crippen LogP contribution in [0.1, 0.15) is 28.4 Å². The van der Waals surface area contributed by atoms with Crippen LogP contribution in [0.2, 0.25) is 0 Å². The Morgan fingerprint density at radius 3 is 2.20 bits per heavy atom. The van der Waals surface area contributed by atoms with Crippen LogP contribution >= 0.6 is 0 Å². The highest BCUT2D eigenvalue weighted by Gasteiger charge is 2.00. The van der Waals surface area contributed by atoms with E-state index in [4.69, 9.17) is 0 Å². The first-order valence-corrected chi connectivity index (χ1v) is 6.67. The fourth-order valence-electron chi connectivity index (χ4n) is 1.88. The van der Waals surface area contributed by atoms with E-state index in [1.165, 1.54) is 0 Å². The third-order valence-electron chi connectivity index (χ3n) is 3.03. The average Bonchev–Trinajstić information content (AvgIpc) is 2.46. The Kier molecular flexibility index (Phi) is 4.67. The molecule has 2 aromatic carbocycles. The molecule has 0 radical (unpaired) electrons. The second-order valence-electron chi connectivity index (χ2n) is 4.86. The molecule has 0 saturated carbocycles. The maximum Gasteiger partial charge on any atom is 0.185 e. The van der Waals surface area contributed by atoms with Crippen molar-refractivity contribution in [1.29, 1.82) is 0 Å². The summed E-state index contributed by atoms with van der Waals surface area (Å²) in [5.74, 6) is 0.0332. The Morgan fingerprint density at radius 2 is 1.55 bits per heavy atom.